The topological polar surface area (TPSA) is 41.5 Å². The van der Waals surface area contributed by atoms with Gasteiger partial charge < -0.3 is 15.2 Å². The third-order valence-corrected chi connectivity index (χ3v) is 2.49. The summed E-state index contributed by atoms with van der Waals surface area (Å²) in [7, 11) is 0. The Labute approximate surface area is 107 Å². The van der Waals surface area contributed by atoms with Crippen molar-refractivity contribution >= 4 is 11.6 Å². The minimum Gasteiger partial charge on any atom is -0.489 e. The molecule has 1 aromatic rings. The third kappa shape index (κ3) is 5.73. The molecule has 0 heterocycles. The van der Waals surface area contributed by atoms with Crippen LogP contribution in [0.3, 0.4) is 0 Å². The van der Waals surface area contributed by atoms with Crippen LogP contribution in [0, 0.1) is 0 Å². The molecule has 3 nitrogen and oxygen atoms in total. The molecule has 0 fully saturated rings. The zero-order valence-electron chi connectivity index (χ0n) is 9.73. The number of benzene rings is 1. The third-order valence-electron chi connectivity index (χ3n) is 2.17. The molecule has 0 aliphatic heterocycles. The van der Waals surface area contributed by atoms with Gasteiger partial charge in [0.25, 0.3) is 0 Å². The normalized spacial score (nSPS) is 12.1. The van der Waals surface area contributed by atoms with Crippen molar-refractivity contribution in [1.82, 2.24) is 5.32 Å². The maximum absolute atomic E-state index is 9.64. The summed E-state index contributed by atoms with van der Waals surface area (Å²) in [5, 5.41) is 13.3. The molecule has 0 aliphatic carbocycles. The van der Waals surface area contributed by atoms with Crippen LogP contribution in [0.15, 0.2) is 36.9 Å². The lowest BCUT2D eigenvalue weighted by Crippen LogP contribution is -2.31. The van der Waals surface area contributed by atoms with E-state index in [1.165, 1.54) is 0 Å². The van der Waals surface area contributed by atoms with Gasteiger partial charge in [0, 0.05) is 6.54 Å². The molecule has 94 valence electrons. The molecular weight excluding hydrogens is 238 g/mol. The smallest absolute Gasteiger partial charge is 0.138 e. The minimum atomic E-state index is -0.545. The highest BCUT2D eigenvalue weighted by Crippen LogP contribution is 2.22. The highest BCUT2D eigenvalue weighted by atomic mass is 35.5. The Hall–Kier alpha value is -1.03. The molecule has 0 aromatic heterocycles. The van der Waals surface area contributed by atoms with E-state index in [2.05, 4.69) is 11.9 Å². The Balaban J connectivity index is 2.21. The zero-order chi connectivity index (χ0) is 12.5. The number of rotatable bonds is 8. The van der Waals surface area contributed by atoms with E-state index in [4.69, 9.17) is 16.3 Å². The minimum absolute atomic E-state index is 0.227. The Morgan fingerprint density at radius 1 is 1.47 bits per heavy atom. The van der Waals surface area contributed by atoms with Crippen molar-refractivity contribution < 1.29 is 9.84 Å². The van der Waals surface area contributed by atoms with Crippen molar-refractivity contribution in [1.29, 1.82) is 0 Å². The predicted molar refractivity (Wildman–Crippen MR) is 70.6 cm³/mol. The first kappa shape index (κ1) is 14.0. The molecule has 0 amide bonds. The molecule has 1 rings (SSSR count). The maximum Gasteiger partial charge on any atom is 0.138 e. The fourth-order valence-corrected chi connectivity index (χ4v) is 1.47. The first-order valence-electron chi connectivity index (χ1n) is 5.61. The number of aliphatic hydroxyl groups excluding tert-OH is 1. The zero-order valence-corrected chi connectivity index (χ0v) is 10.5. The summed E-state index contributed by atoms with van der Waals surface area (Å²) >= 11 is 5.92. The Kier molecular flexibility index (Phi) is 6.70. The van der Waals surface area contributed by atoms with Crippen LogP contribution in [0.5, 0.6) is 5.75 Å². The van der Waals surface area contributed by atoms with Crippen LogP contribution in [0.1, 0.15) is 6.42 Å². The molecule has 0 aliphatic rings. The highest BCUT2D eigenvalue weighted by molar-refractivity contribution is 6.32. The van der Waals surface area contributed by atoms with E-state index in [1.54, 1.807) is 12.1 Å². The van der Waals surface area contributed by atoms with Gasteiger partial charge >= 0.3 is 0 Å². The van der Waals surface area contributed by atoms with Gasteiger partial charge in [-0.1, -0.05) is 29.8 Å². The van der Waals surface area contributed by atoms with Crippen molar-refractivity contribution in [2.45, 2.75) is 12.5 Å². The summed E-state index contributed by atoms with van der Waals surface area (Å²) in [4.78, 5) is 0. The van der Waals surface area contributed by atoms with E-state index in [-0.39, 0.29) is 6.61 Å². The fraction of sp³-hybridized carbons (Fsp3) is 0.385. The first-order chi connectivity index (χ1) is 8.24. The van der Waals surface area contributed by atoms with Crippen molar-refractivity contribution in [2.75, 3.05) is 19.7 Å². The molecule has 1 unspecified atom stereocenters. The molecule has 1 atom stereocenters. The lowest BCUT2D eigenvalue weighted by molar-refractivity contribution is 0.107. The van der Waals surface area contributed by atoms with Gasteiger partial charge in [-0.3, -0.25) is 0 Å². The number of para-hydroxylation sites is 1. The summed E-state index contributed by atoms with van der Waals surface area (Å²) in [5.74, 6) is 0.597. The van der Waals surface area contributed by atoms with Crippen molar-refractivity contribution in [2.24, 2.45) is 0 Å². The second-order valence-electron chi connectivity index (χ2n) is 3.68. The monoisotopic (exact) mass is 255 g/mol. The number of hydrogen-bond donors (Lipinski definition) is 2. The SMILES string of the molecule is C=CCCNCC(O)COc1ccccc1Cl. The molecular formula is C13H18ClNO2. The number of halogens is 1. The largest absolute Gasteiger partial charge is 0.489 e. The van der Waals surface area contributed by atoms with Crippen LogP contribution in [0.4, 0.5) is 0 Å². The number of nitrogens with one attached hydrogen (secondary N) is 1. The summed E-state index contributed by atoms with van der Waals surface area (Å²) < 4.78 is 5.41. The van der Waals surface area contributed by atoms with Gasteiger partial charge in [0.1, 0.15) is 18.5 Å². The van der Waals surface area contributed by atoms with E-state index in [9.17, 15) is 5.11 Å². The van der Waals surface area contributed by atoms with Crippen LogP contribution in [-0.4, -0.2) is 30.9 Å². The van der Waals surface area contributed by atoms with Gasteiger partial charge in [0.15, 0.2) is 0 Å². The number of aliphatic hydroxyl groups is 1. The highest BCUT2D eigenvalue weighted by Gasteiger charge is 2.06. The Bertz CT molecular complexity index is 344. The summed E-state index contributed by atoms with van der Waals surface area (Å²) in [5.41, 5.74) is 0. The average molecular weight is 256 g/mol. The van der Waals surface area contributed by atoms with Gasteiger partial charge in [0.05, 0.1) is 5.02 Å². The second kappa shape index (κ2) is 8.12. The van der Waals surface area contributed by atoms with Gasteiger partial charge in [-0.05, 0) is 25.1 Å². The van der Waals surface area contributed by atoms with Crippen LogP contribution in [0.2, 0.25) is 5.02 Å². The van der Waals surface area contributed by atoms with Crippen LogP contribution in [-0.2, 0) is 0 Å². The molecule has 2 N–H and O–H groups in total. The van der Waals surface area contributed by atoms with E-state index in [0.717, 1.165) is 13.0 Å². The lowest BCUT2D eigenvalue weighted by Gasteiger charge is -2.13. The molecule has 0 bridgehead atoms. The molecule has 0 saturated carbocycles. The molecule has 0 radical (unpaired) electrons. The van der Waals surface area contributed by atoms with Crippen LogP contribution >= 0.6 is 11.6 Å². The first-order valence-corrected chi connectivity index (χ1v) is 5.99. The summed E-state index contributed by atoms with van der Waals surface area (Å²) in [6.45, 7) is 5.16. The van der Waals surface area contributed by atoms with Gasteiger partial charge in [0.2, 0.25) is 0 Å². The Morgan fingerprint density at radius 2 is 2.24 bits per heavy atom. The van der Waals surface area contributed by atoms with Crippen LogP contribution in [0.25, 0.3) is 0 Å². The fourth-order valence-electron chi connectivity index (χ4n) is 1.28. The number of ether oxygens (including phenoxy) is 1. The average Bonchev–Trinajstić information content (AvgIpc) is 2.34. The van der Waals surface area contributed by atoms with E-state index in [1.807, 2.05) is 18.2 Å². The van der Waals surface area contributed by atoms with Crippen LogP contribution < -0.4 is 10.1 Å². The van der Waals surface area contributed by atoms with Crippen molar-refractivity contribution in [3.63, 3.8) is 0 Å². The van der Waals surface area contributed by atoms with E-state index in [0.29, 0.717) is 17.3 Å². The van der Waals surface area contributed by atoms with Gasteiger partial charge in [-0.15, -0.1) is 6.58 Å². The maximum atomic E-state index is 9.64. The van der Waals surface area contributed by atoms with E-state index < -0.39 is 6.10 Å². The number of hydrogen-bond acceptors (Lipinski definition) is 3. The predicted octanol–water partition coefficient (Wildman–Crippen LogP) is 2.25. The van der Waals surface area contributed by atoms with Crippen molar-refractivity contribution in [3.8, 4) is 5.75 Å². The summed E-state index contributed by atoms with van der Waals surface area (Å²) in [6.07, 6.45) is 2.17. The molecule has 0 spiro atoms. The standard InChI is InChI=1S/C13H18ClNO2/c1-2-3-8-15-9-11(16)10-17-13-7-5-4-6-12(13)14/h2,4-7,11,15-16H,1,3,8-10H2. The molecule has 4 heteroatoms. The van der Waals surface area contributed by atoms with Gasteiger partial charge in [-0.2, -0.15) is 0 Å². The lowest BCUT2D eigenvalue weighted by atomic mass is 10.3. The van der Waals surface area contributed by atoms with E-state index >= 15 is 0 Å². The van der Waals surface area contributed by atoms with Crippen molar-refractivity contribution in [3.05, 3.63) is 41.9 Å². The quantitative estimate of drug-likeness (QED) is 0.553. The Morgan fingerprint density at radius 3 is 2.94 bits per heavy atom. The van der Waals surface area contributed by atoms with Gasteiger partial charge in [-0.25, -0.2) is 0 Å². The molecule has 17 heavy (non-hydrogen) atoms. The molecule has 0 saturated heterocycles. The summed E-state index contributed by atoms with van der Waals surface area (Å²) in [6, 6.07) is 7.21. The second-order valence-corrected chi connectivity index (χ2v) is 4.08. The molecule has 1 aromatic carbocycles.